The smallest absolute Gasteiger partial charge is 0.224 e. The molecule has 1 aromatic rings. The SMILES string of the molecule is CCCCCCC(=O)Nc1cc(Cl)ccc1OC. The van der Waals surface area contributed by atoms with Crippen LogP contribution in [0.5, 0.6) is 5.75 Å². The van der Waals surface area contributed by atoms with E-state index in [4.69, 9.17) is 16.3 Å². The van der Waals surface area contributed by atoms with Crippen LogP contribution in [0.15, 0.2) is 18.2 Å². The summed E-state index contributed by atoms with van der Waals surface area (Å²) in [7, 11) is 1.57. The summed E-state index contributed by atoms with van der Waals surface area (Å²) >= 11 is 5.90. The van der Waals surface area contributed by atoms with Gasteiger partial charge in [-0.3, -0.25) is 4.79 Å². The number of carbonyl (C=O) groups excluding carboxylic acids is 1. The molecule has 0 saturated heterocycles. The fourth-order valence-corrected chi connectivity index (χ4v) is 1.88. The highest BCUT2D eigenvalue weighted by Crippen LogP contribution is 2.27. The van der Waals surface area contributed by atoms with E-state index in [0.29, 0.717) is 22.9 Å². The number of hydrogen-bond donors (Lipinski definition) is 1. The number of anilines is 1. The fraction of sp³-hybridized carbons (Fsp3) is 0.500. The van der Waals surface area contributed by atoms with E-state index in [-0.39, 0.29) is 5.91 Å². The predicted molar refractivity (Wildman–Crippen MR) is 75.4 cm³/mol. The number of hydrogen-bond acceptors (Lipinski definition) is 2. The number of carbonyl (C=O) groups is 1. The maximum Gasteiger partial charge on any atom is 0.224 e. The third kappa shape index (κ3) is 4.96. The summed E-state index contributed by atoms with van der Waals surface area (Å²) in [5.41, 5.74) is 0.630. The lowest BCUT2D eigenvalue weighted by Gasteiger charge is -2.10. The zero-order chi connectivity index (χ0) is 13.4. The van der Waals surface area contributed by atoms with Gasteiger partial charge in [0.2, 0.25) is 5.91 Å². The minimum Gasteiger partial charge on any atom is -0.495 e. The van der Waals surface area contributed by atoms with Crippen LogP contribution >= 0.6 is 11.6 Å². The van der Waals surface area contributed by atoms with E-state index in [2.05, 4.69) is 12.2 Å². The van der Waals surface area contributed by atoms with Gasteiger partial charge in [0, 0.05) is 11.4 Å². The average Bonchev–Trinajstić information content (AvgIpc) is 2.35. The molecule has 4 heteroatoms. The number of rotatable bonds is 7. The molecular weight excluding hydrogens is 250 g/mol. The Hall–Kier alpha value is -1.22. The second-order valence-corrected chi connectivity index (χ2v) is 4.64. The summed E-state index contributed by atoms with van der Waals surface area (Å²) in [4.78, 5) is 11.7. The Kier molecular flexibility index (Phi) is 6.58. The van der Waals surface area contributed by atoms with E-state index in [1.54, 1.807) is 25.3 Å². The molecule has 0 saturated carbocycles. The van der Waals surface area contributed by atoms with Crippen molar-refractivity contribution in [1.29, 1.82) is 0 Å². The first-order valence-electron chi connectivity index (χ1n) is 6.30. The molecule has 0 aliphatic carbocycles. The molecule has 0 radical (unpaired) electrons. The highest BCUT2D eigenvalue weighted by Gasteiger charge is 2.07. The molecule has 1 rings (SSSR count). The van der Waals surface area contributed by atoms with Crippen molar-refractivity contribution in [3.63, 3.8) is 0 Å². The van der Waals surface area contributed by atoms with Gasteiger partial charge in [-0.05, 0) is 24.6 Å². The predicted octanol–water partition coefficient (Wildman–Crippen LogP) is 4.26. The van der Waals surface area contributed by atoms with Crippen molar-refractivity contribution in [3.05, 3.63) is 23.2 Å². The summed E-state index contributed by atoms with van der Waals surface area (Å²) in [6.07, 6.45) is 4.90. The Labute approximate surface area is 113 Å². The number of benzene rings is 1. The van der Waals surface area contributed by atoms with Gasteiger partial charge < -0.3 is 10.1 Å². The topological polar surface area (TPSA) is 38.3 Å². The van der Waals surface area contributed by atoms with Crippen molar-refractivity contribution in [2.45, 2.75) is 39.0 Å². The van der Waals surface area contributed by atoms with Gasteiger partial charge >= 0.3 is 0 Å². The molecule has 0 aromatic heterocycles. The first-order chi connectivity index (χ1) is 8.67. The Morgan fingerprint density at radius 3 is 2.78 bits per heavy atom. The van der Waals surface area contributed by atoms with Crippen LogP contribution in [0.2, 0.25) is 5.02 Å². The van der Waals surface area contributed by atoms with Crippen molar-refractivity contribution in [3.8, 4) is 5.75 Å². The van der Waals surface area contributed by atoms with Gasteiger partial charge in [-0.25, -0.2) is 0 Å². The van der Waals surface area contributed by atoms with Crippen molar-refractivity contribution in [1.82, 2.24) is 0 Å². The Morgan fingerprint density at radius 2 is 2.11 bits per heavy atom. The molecule has 0 aliphatic heterocycles. The van der Waals surface area contributed by atoms with E-state index >= 15 is 0 Å². The Bertz CT molecular complexity index is 393. The van der Waals surface area contributed by atoms with Crippen molar-refractivity contribution < 1.29 is 9.53 Å². The van der Waals surface area contributed by atoms with Gasteiger partial charge in [0.1, 0.15) is 5.75 Å². The third-order valence-corrected chi connectivity index (χ3v) is 2.93. The van der Waals surface area contributed by atoms with E-state index < -0.39 is 0 Å². The lowest BCUT2D eigenvalue weighted by molar-refractivity contribution is -0.116. The van der Waals surface area contributed by atoms with Crippen molar-refractivity contribution in [2.75, 3.05) is 12.4 Å². The van der Waals surface area contributed by atoms with Crippen LogP contribution in [0.1, 0.15) is 39.0 Å². The number of amides is 1. The second-order valence-electron chi connectivity index (χ2n) is 4.20. The fourth-order valence-electron chi connectivity index (χ4n) is 1.70. The molecule has 0 atom stereocenters. The van der Waals surface area contributed by atoms with Gasteiger partial charge in [0.15, 0.2) is 0 Å². The molecule has 18 heavy (non-hydrogen) atoms. The third-order valence-electron chi connectivity index (χ3n) is 2.69. The number of methoxy groups -OCH3 is 1. The number of halogens is 1. The van der Waals surface area contributed by atoms with Crippen LogP contribution in [0, 0.1) is 0 Å². The molecule has 1 amide bonds. The molecule has 0 unspecified atom stereocenters. The Morgan fingerprint density at radius 1 is 1.33 bits per heavy atom. The highest BCUT2D eigenvalue weighted by molar-refractivity contribution is 6.31. The molecule has 1 aromatic carbocycles. The molecule has 100 valence electrons. The van der Waals surface area contributed by atoms with Gasteiger partial charge in [-0.1, -0.05) is 37.8 Å². The van der Waals surface area contributed by atoms with E-state index in [1.165, 1.54) is 12.8 Å². The van der Waals surface area contributed by atoms with Gasteiger partial charge in [0.25, 0.3) is 0 Å². The lowest BCUT2D eigenvalue weighted by Crippen LogP contribution is -2.11. The standard InChI is InChI=1S/C14H20ClNO2/c1-3-4-5-6-7-14(17)16-12-10-11(15)8-9-13(12)18-2/h8-10H,3-7H2,1-2H3,(H,16,17). The van der Waals surface area contributed by atoms with Crippen LogP contribution in [0.25, 0.3) is 0 Å². The number of ether oxygens (including phenoxy) is 1. The molecule has 0 fully saturated rings. The maximum absolute atomic E-state index is 11.7. The summed E-state index contributed by atoms with van der Waals surface area (Å²) in [5, 5.41) is 3.41. The highest BCUT2D eigenvalue weighted by atomic mass is 35.5. The van der Waals surface area contributed by atoms with E-state index in [9.17, 15) is 4.79 Å². The minimum atomic E-state index is 0.00618. The normalized spacial score (nSPS) is 10.2. The largest absolute Gasteiger partial charge is 0.495 e. The first kappa shape index (κ1) is 14.8. The van der Waals surface area contributed by atoms with Crippen LogP contribution in [-0.2, 0) is 4.79 Å². The summed E-state index contributed by atoms with van der Waals surface area (Å²) in [6.45, 7) is 2.15. The Balaban J connectivity index is 2.50. The van der Waals surface area contributed by atoms with Gasteiger partial charge in [0.05, 0.1) is 12.8 Å². The number of nitrogens with one attached hydrogen (secondary N) is 1. The molecular formula is C14H20ClNO2. The lowest BCUT2D eigenvalue weighted by atomic mass is 10.1. The summed E-state index contributed by atoms with van der Waals surface area (Å²) in [6, 6.07) is 5.18. The van der Waals surface area contributed by atoms with Gasteiger partial charge in [-0.2, -0.15) is 0 Å². The van der Waals surface area contributed by atoms with Crippen LogP contribution in [0.3, 0.4) is 0 Å². The zero-order valence-corrected chi connectivity index (χ0v) is 11.7. The molecule has 0 bridgehead atoms. The average molecular weight is 270 g/mol. The van der Waals surface area contributed by atoms with Crippen LogP contribution in [0.4, 0.5) is 5.69 Å². The zero-order valence-electron chi connectivity index (χ0n) is 11.0. The van der Waals surface area contributed by atoms with E-state index in [0.717, 1.165) is 12.8 Å². The molecule has 3 nitrogen and oxygen atoms in total. The molecule has 0 heterocycles. The molecule has 0 aliphatic rings. The maximum atomic E-state index is 11.7. The summed E-state index contributed by atoms with van der Waals surface area (Å²) in [5.74, 6) is 0.632. The van der Waals surface area contributed by atoms with Crippen LogP contribution < -0.4 is 10.1 Å². The van der Waals surface area contributed by atoms with Crippen molar-refractivity contribution in [2.24, 2.45) is 0 Å². The monoisotopic (exact) mass is 269 g/mol. The second kappa shape index (κ2) is 7.98. The minimum absolute atomic E-state index is 0.00618. The van der Waals surface area contributed by atoms with E-state index in [1.807, 2.05) is 0 Å². The molecule has 1 N–H and O–H groups in total. The van der Waals surface area contributed by atoms with Gasteiger partial charge in [-0.15, -0.1) is 0 Å². The summed E-state index contributed by atoms with van der Waals surface area (Å²) < 4.78 is 5.17. The number of unbranched alkanes of at least 4 members (excludes halogenated alkanes) is 3. The first-order valence-corrected chi connectivity index (χ1v) is 6.68. The van der Waals surface area contributed by atoms with Crippen LogP contribution in [-0.4, -0.2) is 13.0 Å². The quantitative estimate of drug-likeness (QED) is 0.751. The van der Waals surface area contributed by atoms with Crippen molar-refractivity contribution >= 4 is 23.2 Å². The molecule has 0 spiro atoms.